The van der Waals surface area contributed by atoms with E-state index in [1.165, 1.54) is 23.4 Å². The molecule has 0 atom stereocenters. The van der Waals surface area contributed by atoms with Crippen LogP contribution in [0, 0.1) is 0 Å². The number of para-hydroxylation sites is 1. The van der Waals surface area contributed by atoms with Gasteiger partial charge in [-0.25, -0.2) is 4.68 Å². The molecule has 6 nitrogen and oxygen atoms in total. The van der Waals surface area contributed by atoms with Crippen molar-refractivity contribution in [2.75, 3.05) is 26.7 Å². The number of carbonyl (C=O) groups is 1. The number of hydrogen-bond acceptors (Lipinski definition) is 4. The topological polar surface area (TPSA) is 61.6 Å². The number of rotatable bonds is 6. The van der Waals surface area contributed by atoms with Crippen molar-refractivity contribution < 1.29 is 9.90 Å². The van der Waals surface area contributed by atoms with Gasteiger partial charge in [-0.1, -0.05) is 18.2 Å². The Hall–Kier alpha value is -1.89. The molecule has 1 aliphatic heterocycles. The second-order valence-corrected chi connectivity index (χ2v) is 7.79. The van der Waals surface area contributed by atoms with E-state index < -0.39 is 5.97 Å². The third kappa shape index (κ3) is 4.40. The summed E-state index contributed by atoms with van der Waals surface area (Å²) >= 11 is 0. The number of hydrogen-bond donors (Lipinski definition) is 1. The lowest BCUT2D eigenvalue weighted by Gasteiger charge is -2.35. The molecule has 7 heteroatoms. The van der Waals surface area contributed by atoms with Crippen LogP contribution < -0.4 is 0 Å². The summed E-state index contributed by atoms with van der Waals surface area (Å²) in [5.41, 5.74) is 5.20. The maximum Gasteiger partial charge on any atom is 0.317 e. The first-order valence-corrected chi connectivity index (χ1v) is 9.91. The molecule has 1 aromatic heterocycles. The van der Waals surface area contributed by atoms with Gasteiger partial charge in [-0.15, -0.1) is 12.4 Å². The number of carboxylic acid groups (broad SMARTS) is 1. The summed E-state index contributed by atoms with van der Waals surface area (Å²) in [7, 11) is 1.92. The predicted octanol–water partition coefficient (Wildman–Crippen LogP) is 2.76. The van der Waals surface area contributed by atoms with Crippen molar-refractivity contribution in [2.24, 2.45) is 0 Å². The summed E-state index contributed by atoms with van der Waals surface area (Å²) in [6.07, 6.45) is 5.50. The Morgan fingerprint density at radius 2 is 1.93 bits per heavy atom. The van der Waals surface area contributed by atoms with Crippen LogP contribution in [-0.4, -0.2) is 63.4 Å². The molecule has 0 radical (unpaired) electrons. The first kappa shape index (κ1) is 20.8. The van der Waals surface area contributed by atoms with Crippen molar-refractivity contribution in [1.29, 1.82) is 0 Å². The minimum absolute atomic E-state index is 0. The lowest BCUT2D eigenvalue weighted by Crippen LogP contribution is -2.44. The molecule has 0 amide bonds. The number of likely N-dealkylation sites (tertiary alicyclic amines) is 1. The van der Waals surface area contributed by atoms with E-state index in [4.69, 9.17) is 10.2 Å². The Morgan fingerprint density at radius 3 is 2.61 bits per heavy atom. The first-order valence-electron chi connectivity index (χ1n) is 9.91. The lowest BCUT2D eigenvalue weighted by atomic mass is 10.0. The molecule has 0 saturated carbocycles. The number of aromatic nitrogens is 2. The van der Waals surface area contributed by atoms with Crippen LogP contribution in [0.1, 0.15) is 36.2 Å². The maximum absolute atomic E-state index is 10.9. The molecule has 2 aliphatic rings. The summed E-state index contributed by atoms with van der Waals surface area (Å²) in [5, 5.41) is 14.0. The van der Waals surface area contributed by atoms with Gasteiger partial charge in [-0.05, 0) is 56.8 Å². The molecule has 1 fully saturated rings. The monoisotopic (exact) mass is 404 g/mol. The van der Waals surface area contributed by atoms with Crippen LogP contribution in [0.4, 0.5) is 0 Å². The molecule has 1 aliphatic carbocycles. The molecule has 28 heavy (non-hydrogen) atoms. The number of nitrogens with zero attached hydrogens (tertiary/aromatic N) is 4. The standard InChI is InChI=1S/C21H28N4O2.ClH/c1-23(15-21(26)27)16-10-12-24(13-11-16)14-19-18-8-5-9-20(18)25(22-19)17-6-3-2-4-7-17;/h2-4,6-7,16H,5,8-15H2,1H3,(H,26,27);1H. The van der Waals surface area contributed by atoms with E-state index in [-0.39, 0.29) is 19.0 Å². The fraction of sp³-hybridized carbons (Fsp3) is 0.524. The molecular formula is C21H29ClN4O2. The van der Waals surface area contributed by atoms with Crippen LogP contribution in [-0.2, 0) is 24.2 Å². The third-order valence-electron chi connectivity index (χ3n) is 5.95. The van der Waals surface area contributed by atoms with Crippen molar-refractivity contribution in [1.82, 2.24) is 19.6 Å². The van der Waals surface area contributed by atoms with Crippen LogP contribution in [0.25, 0.3) is 5.69 Å². The molecule has 152 valence electrons. The van der Waals surface area contributed by atoms with E-state index >= 15 is 0 Å². The normalized spacial score (nSPS) is 17.5. The van der Waals surface area contributed by atoms with Crippen molar-refractivity contribution in [3.63, 3.8) is 0 Å². The first-order chi connectivity index (χ1) is 13.1. The van der Waals surface area contributed by atoms with Gasteiger partial charge in [0.25, 0.3) is 0 Å². The molecule has 1 aromatic carbocycles. The fourth-order valence-corrected chi connectivity index (χ4v) is 4.50. The second kappa shape index (κ2) is 9.07. The summed E-state index contributed by atoms with van der Waals surface area (Å²) in [6.45, 7) is 3.03. The van der Waals surface area contributed by atoms with Crippen molar-refractivity contribution in [3.05, 3.63) is 47.3 Å². The summed E-state index contributed by atoms with van der Waals surface area (Å²) in [5.74, 6) is -0.748. The van der Waals surface area contributed by atoms with Crippen molar-refractivity contribution in [3.8, 4) is 5.69 Å². The molecule has 0 spiro atoms. The Morgan fingerprint density at radius 1 is 1.21 bits per heavy atom. The molecule has 2 heterocycles. The zero-order valence-electron chi connectivity index (χ0n) is 16.4. The van der Waals surface area contributed by atoms with Crippen molar-refractivity contribution >= 4 is 18.4 Å². The van der Waals surface area contributed by atoms with Crippen LogP contribution in [0.3, 0.4) is 0 Å². The highest BCUT2D eigenvalue weighted by Crippen LogP contribution is 2.29. The average Bonchev–Trinajstić information content (AvgIpc) is 3.26. The van der Waals surface area contributed by atoms with Gasteiger partial charge >= 0.3 is 5.97 Å². The van der Waals surface area contributed by atoms with Crippen molar-refractivity contribution in [2.45, 2.75) is 44.7 Å². The maximum atomic E-state index is 10.9. The minimum Gasteiger partial charge on any atom is -0.480 e. The zero-order chi connectivity index (χ0) is 18.8. The highest BCUT2D eigenvalue weighted by atomic mass is 35.5. The van der Waals surface area contributed by atoms with Gasteiger partial charge in [0.2, 0.25) is 0 Å². The Kier molecular flexibility index (Phi) is 6.75. The fourth-order valence-electron chi connectivity index (χ4n) is 4.50. The SMILES string of the molecule is CN(CC(=O)O)C1CCN(Cc2nn(-c3ccccc3)c3c2CCC3)CC1.Cl. The zero-order valence-corrected chi connectivity index (χ0v) is 17.2. The van der Waals surface area contributed by atoms with Gasteiger partial charge in [0.05, 0.1) is 17.9 Å². The Labute approximate surface area is 172 Å². The summed E-state index contributed by atoms with van der Waals surface area (Å²) < 4.78 is 2.14. The number of piperidine rings is 1. The van der Waals surface area contributed by atoms with Crippen LogP contribution in [0.5, 0.6) is 0 Å². The minimum atomic E-state index is -0.748. The highest BCUT2D eigenvalue weighted by Gasteiger charge is 2.27. The molecule has 4 rings (SSSR count). The van der Waals surface area contributed by atoms with Gasteiger partial charge < -0.3 is 5.11 Å². The van der Waals surface area contributed by atoms with Gasteiger partial charge in [0.1, 0.15) is 0 Å². The van der Waals surface area contributed by atoms with Gasteiger partial charge in [-0.2, -0.15) is 5.10 Å². The number of likely N-dealkylation sites (N-methyl/N-ethyl adjacent to an activating group) is 1. The average molecular weight is 405 g/mol. The van der Waals surface area contributed by atoms with Crippen LogP contribution >= 0.6 is 12.4 Å². The van der Waals surface area contributed by atoms with E-state index in [9.17, 15) is 4.79 Å². The molecule has 0 bridgehead atoms. The van der Waals surface area contributed by atoms with E-state index in [0.717, 1.165) is 51.0 Å². The van der Waals surface area contributed by atoms with E-state index in [0.29, 0.717) is 6.04 Å². The third-order valence-corrected chi connectivity index (χ3v) is 5.95. The van der Waals surface area contributed by atoms with E-state index in [2.05, 4.69) is 33.8 Å². The number of carboxylic acids is 1. The summed E-state index contributed by atoms with van der Waals surface area (Å²) in [6, 6.07) is 10.8. The number of halogens is 1. The van der Waals surface area contributed by atoms with Gasteiger partial charge in [0.15, 0.2) is 0 Å². The Bertz CT molecular complexity index is 800. The predicted molar refractivity (Wildman–Crippen MR) is 111 cm³/mol. The van der Waals surface area contributed by atoms with E-state index in [1.807, 2.05) is 18.0 Å². The number of fused-ring (bicyclic) bond motifs is 1. The number of benzene rings is 1. The molecular weight excluding hydrogens is 376 g/mol. The van der Waals surface area contributed by atoms with Crippen LogP contribution in [0.15, 0.2) is 30.3 Å². The largest absolute Gasteiger partial charge is 0.480 e. The van der Waals surface area contributed by atoms with Gasteiger partial charge in [-0.3, -0.25) is 14.6 Å². The second-order valence-electron chi connectivity index (χ2n) is 7.79. The van der Waals surface area contributed by atoms with Crippen LogP contribution in [0.2, 0.25) is 0 Å². The lowest BCUT2D eigenvalue weighted by molar-refractivity contribution is -0.138. The smallest absolute Gasteiger partial charge is 0.317 e. The summed E-state index contributed by atoms with van der Waals surface area (Å²) in [4.78, 5) is 15.4. The Balaban J connectivity index is 0.00000225. The number of aliphatic carboxylic acids is 1. The molecule has 1 saturated heterocycles. The molecule has 0 unspecified atom stereocenters. The quantitative estimate of drug-likeness (QED) is 0.802. The van der Waals surface area contributed by atoms with Gasteiger partial charge in [0, 0.05) is 31.4 Å². The molecule has 2 aromatic rings. The molecule has 1 N–H and O–H groups in total. The van der Waals surface area contributed by atoms with E-state index in [1.54, 1.807) is 0 Å². The highest BCUT2D eigenvalue weighted by molar-refractivity contribution is 5.85.